The van der Waals surface area contributed by atoms with Crippen molar-refractivity contribution in [1.29, 1.82) is 0 Å². The van der Waals surface area contributed by atoms with E-state index in [9.17, 15) is 0 Å². The predicted molar refractivity (Wildman–Crippen MR) is 252 cm³/mol. The number of hydrogen-bond donors (Lipinski definition) is 0. The number of halogens is 2. The molecule has 0 saturated carbocycles. The van der Waals surface area contributed by atoms with Crippen LogP contribution in [0.15, 0.2) is 148 Å². The summed E-state index contributed by atoms with van der Waals surface area (Å²) >= 11 is -5.20. The van der Waals surface area contributed by atoms with E-state index in [0.29, 0.717) is 0 Å². The Bertz CT molecular complexity index is 2540. The van der Waals surface area contributed by atoms with Crippen LogP contribution in [0.3, 0.4) is 0 Å². The van der Waals surface area contributed by atoms with Gasteiger partial charge >= 0.3 is 333 Å². The van der Waals surface area contributed by atoms with Crippen LogP contribution in [0.1, 0.15) is 88.3 Å². The Labute approximate surface area is 355 Å². The summed E-state index contributed by atoms with van der Waals surface area (Å²) < 4.78 is 11.9. The second-order valence-electron chi connectivity index (χ2n) is 18.6. The van der Waals surface area contributed by atoms with Gasteiger partial charge in [0.2, 0.25) is 0 Å². The number of hydrogen-bond acceptors (Lipinski definition) is 0. The molecule has 0 aliphatic heterocycles. The van der Waals surface area contributed by atoms with E-state index in [2.05, 4.69) is 202 Å². The number of rotatable bonds is 6. The first kappa shape index (κ1) is 42.7. The van der Waals surface area contributed by atoms with Crippen molar-refractivity contribution in [2.75, 3.05) is 0 Å². The quantitative estimate of drug-likeness (QED) is 0.156. The van der Waals surface area contributed by atoms with Crippen molar-refractivity contribution >= 4 is 38.8 Å². The van der Waals surface area contributed by atoms with Gasteiger partial charge in [0.1, 0.15) is 0 Å². The van der Waals surface area contributed by atoms with E-state index in [0.717, 1.165) is 12.8 Å². The Hall–Kier alpha value is -3.87. The molecule has 8 rings (SSSR count). The molecule has 0 fully saturated rings. The molecule has 0 spiro atoms. The molecule has 0 heterocycles. The zero-order chi connectivity index (χ0) is 38.9. The van der Waals surface area contributed by atoms with Crippen LogP contribution in [0.4, 0.5) is 0 Å². The van der Waals surface area contributed by atoms with Gasteiger partial charge in [0, 0.05) is 0 Å². The van der Waals surface area contributed by atoms with E-state index >= 15 is 0 Å². The first-order chi connectivity index (χ1) is 26.1. The first-order valence-electron chi connectivity index (χ1n) is 20.1. The number of fused-ring (bicyclic) bond motifs is 3. The Balaban J connectivity index is 0.00000275. The fourth-order valence-electron chi connectivity index (χ4n) is 10.0. The average Bonchev–Trinajstić information content (AvgIpc) is 3.77. The number of aryl methyl sites for hydroxylation is 2. The summed E-state index contributed by atoms with van der Waals surface area (Å²) in [5, 5.41) is 0. The molecule has 57 heavy (non-hydrogen) atoms. The van der Waals surface area contributed by atoms with E-state index < -0.39 is 18.3 Å². The average molecular weight is 869 g/mol. The Morgan fingerprint density at radius 1 is 0.544 bits per heavy atom. The molecule has 2 aliphatic carbocycles. The molecule has 0 N–H and O–H groups in total. The molecule has 0 unspecified atom stereocenters. The minimum absolute atomic E-state index is 0. The monoisotopic (exact) mass is 866 g/mol. The first-order valence-corrected chi connectivity index (χ1v) is 26.8. The zero-order valence-electron chi connectivity index (χ0n) is 35.2. The second kappa shape index (κ2) is 15.4. The van der Waals surface area contributed by atoms with Crippen LogP contribution >= 0.6 is 24.8 Å². The standard InChI is InChI=1S/C33H33.2C7H7.C6H7.CH2.2ClH.Zr/c1-32(2,3)30-20-26-24(18-28(30)22-13-9-7-10-14-22)17-25-19-29(23-15-11-8-12-16-23)31(21-27(25)26)33(4,5)6;2*1-7-5-3-2-4-6-7;1-6-4-2-3-5-6;;;;/h7-16,18,20-21H,17H2,1-6H3;2*3-6H,1H3;2,4H,3H2,1H3;1H2;2*1H;. The predicted octanol–water partition coefficient (Wildman–Crippen LogP) is 13.3. The molecule has 0 nitrogen and oxygen atoms in total. The molecule has 292 valence electrons. The third kappa shape index (κ3) is 6.87. The van der Waals surface area contributed by atoms with Crippen LogP contribution in [0, 0.1) is 13.8 Å². The van der Waals surface area contributed by atoms with Gasteiger partial charge in [-0.05, 0) is 0 Å². The normalized spacial score (nSPS) is 13.9. The van der Waals surface area contributed by atoms with Crippen LogP contribution in [0.25, 0.3) is 33.4 Å². The maximum absolute atomic E-state index is 5.99. The molecular weight excluding hydrogens is 811 g/mol. The molecular formula is C54H58Cl2Zr. The Morgan fingerprint density at radius 2 is 1.04 bits per heavy atom. The van der Waals surface area contributed by atoms with Crippen molar-refractivity contribution in [3.63, 3.8) is 0 Å². The molecule has 6 aromatic rings. The third-order valence-electron chi connectivity index (χ3n) is 12.9. The molecule has 0 amide bonds. The number of benzene rings is 6. The molecule has 0 aromatic heterocycles. The van der Waals surface area contributed by atoms with Crippen LogP contribution in [-0.2, 0) is 35.5 Å². The van der Waals surface area contributed by atoms with Gasteiger partial charge < -0.3 is 0 Å². The molecule has 0 radical (unpaired) electrons. The molecule has 2 aliphatic rings. The van der Waals surface area contributed by atoms with Crippen LogP contribution in [0.2, 0.25) is 0 Å². The fourth-order valence-corrected chi connectivity index (χ4v) is 27.1. The Kier molecular flexibility index (Phi) is 11.5. The van der Waals surface area contributed by atoms with Gasteiger partial charge in [-0.1, -0.05) is 0 Å². The summed E-state index contributed by atoms with van der Waals surface area (Å²) in [6, 6.07) is 49.3. The zero-order valence-corrected chi connectivity index (χ0v) is 39.3. The van der Waals surface area contributed by atoms with Crippen molar-refractivity contribution in [1.82, 2.24) is 0 Å². The molecule has 3 heteroatoms. The van der Waals surface area contributed by atoms with Gasteiger partial charge in [0.15, 0.2) is 0 Å². The van der Waals surface area contributed by atoms with Gasteiger partial charge in [-0.3, -0.25) is 0 Å². The Morgan fingerprint density at radius 3 is 1.51 bits per heavy atom. The van der Waals surface area contributed by atoms with E-state index in [-0.39, 0.29) is 35.6 Å². The van der Waals surface area contributed by atoms with Crippen LogP contribution in [0.5, 0.6) is 0 Å². The SMILES string of the molecule is Cl.Cl.[CH2]=[Zr]([C]1=C(C)C=CC1)([c]1ccc(C)cc1)([c]1ccc(C)cc1)[c]1c2c(cc(C(C)(C)C)c1-c1ccccc1)-c1cc(C(C)(C)C)c(-c3ccccc3)cc1C2. The van der Waals surface area contributed by atoms with E-state index in [1.807, 2.05) is 0 Å². The summed E-state index contributed by atoms with van der Waals surface area (Å²) in [4.78, 5) is 0. The van der Waals surface area contributed by atoms with Gasteiger partial charge in [-0.2, -0.15) is 0 Å². The van der Waals surface area contributed by atoms with Crippen LogP contribution < -0.4 is 9.81 Å². The topological polar surface area (TPSA) is 0 Å². The molecule has 0 saturated heterocycles. The van der Waals surface area contributed by atoms with E-state index in [1.54, 1.807) is 3.28 Å². The van der Waals surface area contributed by atoms with Crippen molar-refractivity contribution < 1.29 is 18.3 Å². The summed E-state index contributed by atoms with van der Waals surface area (Å²) in [5.74, 6) is 0. The van der Waals surface area contributed by atoms with Gasteiger partial charge in [-0.15, -0.1) is 24.8 Å². The van der Waals surface area contributed by atoms with E-state index in [4.69, 9.17) is 4.21 Å². The van der Waals surface area contributed by atoms with Crippen molar-refractivity contribution in [2.24, 2.45) is 0 Å². The van der Waals surface area contributed by atoms with E-state index in [1.165, 1.54) is 82.1 Å². The summed E-state index contributed by atoms with van der Waals surface area (Å²) in [6.07, 6.45) is 6.58. The van der Waals surface area contributed by atoms with Gasteiger partial charge in [0.05, 0.1) is 0 Å². The second-order valence-corrected chi connectivity index (χ2v) is 31.3. The van der Waals surface area contributed by atoms with Crippen molar-refractivity contribution in [2.45, 2.75) is 86.0 Å². The minimum atomic E-state index is -5.20. The molecule has 0 bridgehead atoms. The van der Waals surface area contributed by atoms with Crippen molar-refractivity contribution in [3.8, 4) is 33.4 Å². The number of allylic oxidation sites excluding steroid dienone is 4. The van der Waals surface area contributed by atoms with Crippen LogP contribution in [-0.4, -0.2) is 4.21 Å². The van der Waals surface area contributed by atoms with Gasteiger partial charge in [0.25, 0.3) is 0 Å². The summed E-state index contributed by atoms with van der Waals surface area (Å²) in [5.41, 5.74) is 17.5. The van der Waals surface area contributed by atoms with Crippen molar-refractivity contribution in [3.05, 3.63) is 182 Å². The summed E-state index contributed by atoms with van der Waals surface area (Å²) in [6.45, 7) is 21.1. The fraction of sp³-hybridized carbons (Fsp3) is 0.241. The molecule has 0 atom stereocenters. The maximum atomic E-state index is 5.99. The third-order valence-corrected chi connectivity index (χ3v) is 29.6. The molecule has 6 aromatic carbocycles. The summed E-state index contributed by atoms with van der Waals surface area (Å²) in [7, 11) is 0. The van der Waals surface area contributed by atoms with Gasteiger partial charge in [-0.25, -0.2) is 0 Å².